The number of nitrogens with zero attached hydrogens (tertiary/aromatic N) is 1. The van der Waals surface area contributed by atoms with E-state index in [1.54, 1.807) is 0 Å². The summed E-state index contributed by atoms with van der Waals surface area (Å²) < 4.78 is 5.71. The van der Waals surface area contributed by atoms with Gasteiger partial charge in [0, 0.05) is 39.3 Å². The zero-order valence-electron chi connectivity index (χ0n) is 11.0. The minimum Gasteiger partial charge on any atom is -0.377 e. The maximum absolute atomic E-state index is 5.71. The third kappa shape index (κ3) is 2.58. The van der Waals surface area contributed by atoms with Crippen LogP contribution in [0.4, 0.5) is 0 Å². The van der Waals surface area contributed by atoms with Crippen molar-refractivity contribution in [2.24, 2.45) is 5.92 Å². The number of ether oxygens (including phenoxy) is 1. The van der Waals surface area contributed by atoms with Crippen LogP contribution in [0.5, 0.6) is 0 Å². The number of piperazine rings is 1. The van der Waals surface area contributed by atoms with E-state index in [0.717, 1.165) is 19.0 Å². The van der Waals surface area contributed by atoms with Gasteiger partial charge in [0.2, 0.25) is 0 Å². The van der Waals surface area contributed by atoms with Gasteiger partial charge in [0.25, 0.3) is 0 Å². The Kier molecular flexibility index (Phi) is 3.88. The minimum absolute atomic E-state index is 0.193. The van der Waals surface area contributed by atoms with Gasteiger partial charge in [-0.05, 0) is 25.2 Å². The van der Waals surface area contributed by atoms with Gasteiger partial charge in [-0.1, -0.05) is 13.8 Å². The van der Waals surface area contributed by atoms with Crippen LogP contribution >= 0.6 is 0 Å². The van der Waals surface area contributed by atoms with Gasteiger partial charge in [-0.3, -0.25) is 4.90 Å². The SMILES string of the molecule is COC1(CN2CCNC(C(C)C)C2)CCC1. The molecule has 2 rings (SSSR count). The van der Waals surface area contributed by atoms with E-state index in [9.17, 15) is 0 Å². The fourth-order valence-electron chi connectivity index (χ4n) is 2.84. The Morgan fingerprint density at radius 1 is 1.44 bits per heavy atom. The molecule has 1 saturated heterocycles. The van der Waals surface area contributed by atoms with E-state index in [-0.39, 0.29) is 5.60 Å². The lowest BCUT2D eigenvalue weighted by Crippen LogP contribution is -2.58. The van der Waals surface area contributed by atoms with Crippen molar-refractivity contribution >= 4 is 0 Å². The zero-order valence-corrected chi connectivity index (χ0v) is 11.0. The van der Waals surface area contributed by atoms with Crippen molar-refractivity contribution in [3.63, 3.8) is 0 Å². The van der Waals surface area contributed by atoms with Crippen LogP contribution in [0.15, 0.2) is 0 Å². The molecule has 1 N–H and O–H groups in total. The number of nitrogens with one attached hydrogen (secondary N) is 1. The molecule has 1 aliphatic heterocycles. The Morgan fingerprint density at radius 2 is 2.19 bits per heavy atom. The van der Waals surface area contributed by atoms with Crippen LogP contribution < -0.4 is 5.32 Å². The van der Waals surface area contributed by atoms with Gasteiger partial charge >= 0.3 is 0 Å². The van der Waals surface area contributed by atoms with E-state index < -0.39 is 0 Å². The molecule has 1 unspecified atom stereocenters. The van der Waals surface area contributed by atoms with Crippen molar-refractivity contribution in [1.29, 1.82) is 0 Å². The molecule has 0 aromatic rings. The van der Waals surface area contributed by atoms with Gasteiger partial charge in [0.05, 0.1) is 5.60 Å². The third-order valence-electron chi connectivity index (χ3n) is 4.30. The summed E-state index contributed by atoms with van der Waals surface area (Å²) in [6, 6.07) is 0.655. The molecule has 1 saturated carbocycles. The van der Waals surface area contributed by atoms with Crippen molar-refractivity contribution in [2.75, 3.05) is 33.3 Å². The topological polar surface area (TPSA) is 24.5 Å². The summed E-state index contributed by atoms with van der Waals surface area (Å²) in [5, 5.41) is 3.61. The van der Waals surface area contributed by atoms with Crippen molar-refractivity contribution in [3.05, 3.63) is 0 Å². The van der Waals surface area contributed by atoms with Crippen LogP contribution in [-0.4, -0.2) is 49.8 Å². The predicted octanol–water partition coefficient (Wildman–Crippen LogP) is 1.49. The second-order valence-corrected chi connectivity index (χ2v) is 5.78. The van der Waals surface area contributed by atoms with Gasteiger partial charge in [-0.25, -0.2) is 0 Å². The average Bonchev–Trinajstić information content (AvgIpc) is 2.24. The highest BCUT2D eigenvalue weighted by Crippen LogP contribution is 2.35. The monoisotopic (exact) mass is 226 g/mol. The Bertz CT molecular complexity index is 220. The van der Waals surface area contributed by atoms with Crippen molar-refractivity contribution in [1.82, 2.24) is 10.2 Å². The molecule has 1 atom stereocenters. The van der Waals surface area contributed by atoms with E-state index in [1.165, 1.54) is 32.4 Å². The first kappa shape index (κ1) is 12.3. The molecule has 3 nitrogen and oxygen atoms in total. The van der Waals surface area contributed by atoms with E-state index >= 15 is 0 Å². The summed E-state index contributed by atoms with van der Waals surface area (Å²) in [4.78, 5) is 2.59. The molecule has 3 heteroatoms. The number of rotatable bonds is 4. The van der Waals surface area contributed by atoms with Crippen molar-refractivity contribution in [2.45, 2.75) is 44.8 Å². The molecule has 0 bridgehead atoms. The Hall–Kier alpha value is -0.120. The fourth-order valence-corrected chi connectivity index (χ4v) is 2.84. The maximum atomic E-state index is 5.71. The molecular formula is C13H26N2O. The van der Waals surface area contributed by atoms with Gasteiger partial charge in [-0.2, -0.15) is 0 Å². The first-order chi connectivity index (χ1) is 7.65. The lowest BCUT2D eigenvalue weighted by atomic mass is 9.79. The molecule has 1 aliphatic carbocycles. The van der Waals surface area contributed by atoms with E-state index in [4.69, 9.17) is 4.74 Å². The Labute approximate surface area is 99.5 Å². The zero-order chi connectivity index (χ0) is 11.6. The molecule has 0 amide bonds. The smallest absolute Gasteiger partial charge is 0.0805 e. The summed E-state index contributed by atoms with van der Waals surface area (Å²) in [6.45, 7) is 9.22. The molecule has 16 heavy (non-hydrogen) atoms. The number of hydrogen-bond acceptors (Lipinski definition) is 3. The summed E-state index contributed by atoms with van der Waals surface area (Å²) in [5.74, 6) is 0.725. The standard InChI is InChI=1S/C13H26N2O/c1-11(2)12-9-15(8-7-14-12)10-13(16-3)5-4-6-13/h11-12,14H,4-10H2,1-3H3. The van der Waals surface area contributed by atoms with Gasteiger partial charge in [0.1, 0.15) is 0 Å². The molecule has 2 aliphatic rings. The first-order valence-electron chi connectivity index (χ1n) is 6.66. The second kappa shape index (κ2) is 5.03. The van der Waals surface area contributed by atoms with Gasteiger partial charge in [0.15, 0.2) is 0 Å². The molecule has 0 aromatic heterocycles. The van der Waals surface area contributed by atoms with Crippen molar-refractivity contribution < 1.29 is 4.74 Å². The van der Waals surface area contributed by atoms with Crippen LogP contribution in [0.3, 0.4) is 0 Å². The molecule has 0 spiro atoms. The number of methoxy groups -OCH3 is 1. The molecule has 0 radical (unpaired) electrons. The third-order valence-corrected chi connectivity index (χ3v) is 4.30. The van der Waals surface area contributed by atoms with Gasteiger partial charge < -0.3 is 10.1 Å². The quantitative estimate of drug-likeness (QED) is 0.786. The summed E-state index contributed by atoms with van der Waals surface area (Å²) in [7, 11) is 1.88. The van der Waals surface area contributed by atoms with Crippen LogP contribution in [0.25, 0.3) is 0 Å². The first-order valence-corrected chi connectivity index (χ1v) is 6.66. The van der Waals surface area contributed by atoms with Crippen LogP contribution in [0.2, 0.25) is 0 Å². The normalized spacial score (nSPS) is 30.4. The Morgan fingerprint density at radius 3 is 2.69 bits per heavy atom. The summed E-state index contributed by atoms with van der Waals surface area (Å²) in [5.41, 5.74) is 0.193. The summed E-state index contributed by atoms with van der Waals surface area (Å²) in [6.07, 6.45) is 3.84. The highest BCUT2D eigenvalue weighted by Gasteiger charge is 2.39. The Balaban J connectivity index is 1.85. The van der Waals surface area contributed by atoms with E-state index in [0.29, 0.717) is 6.04 Å². The number of hydrogen-bond donors (Lipinski definition) is 1. The molecule has 94 valence electrons. The minimum atomic E-state index is 0.193. The van der Waals surface area contributed by atoms with Crippen LogP contribution in [0.1, 0.15) is 33.1 Å². The average molecular weight is 226 g/mol. The highest BCUT2D eigenvalue weighted by atomic mass is 16.5. The molecular weight excluding hydrogens is 200 g/mol. The van der Waals surface area contributed by atoms with Crippen molar-refractivity contribution in [3.8, 4) is 0 Å². The van der Waals surface area contributed by atoms with Crippen LogP contribution in [-0.2, 0) is 4.74 Å². The molecule has 1 heterocycles. The van der Waals surface area contributed by atoms with E-state index in [1.807, 2.05) is 7.11 Å². The lowest BCUT2D eigenvalue weighted by Gasteiger charge is -2.46. The largest absolute Gasteiger partial charge is 0.377 e. The maximum Gasteiger partial charge on any atom is 0.0805 e. The molecule has 2 fully saturated rings. The lowest BCUT2D eigenvalue weighted by molar-refractivity contribution is -0.0949. The fraction of sp³-hybridized carbons (Fsp3) is 1.00. The molecule has 0 aromatic carbocycles. The van der Waals surface area contributed by atoms with E-state index in [2.05, 4.69) is 24.1 Å². The predicted molar refractivity (Wildman–Crippen MR) is 66.7 cm³/mol. The van der Waals surface area contributed by atoms with Gasteiger partial charge in [-0.15, -0.1) is 0 Å². The summed E-state index contributed by atoms with van der Waals surface area (Å²) >= 11 is 0. The highest BCUT2D eigenvalue weighted by molar-refractivity contribution is 4.94. The second-order valence-electron chi connectivity index (χ2n) is 5.78. The van der Waals surface area contributed by atoms with Crippen LogP contribution in [0, 0.1) is 5.92 Å².